The molecule has 36 heavy (non-hydrogen) atoms. The van der Waals surface area contributed by atoms with Gasteiger partial charge in [-0.2, -0.15) is 0 Å². The first-order valence-electron chi connectivity index (χ1n) is 13.3. The van der Waals surface area contributed by atoms with Gasteiger partial charge in [0.1, 0.15) is 6.04 Å². The molecule has 3 amide bonds. The van der Waals surface area contributed by atoms with Gasteiger partial charge in [0.2, 0.25) is 17.7 Å². The first-order valence-corrected chi connectivity index (χ1v) is 14.2. The Morgan fingerprint density at radius 1 is 1.14 bits per heavy atom. The minimum Gasteiger partial charge on any atom is -0.396 e. The minimum absolute atomic E-state index is 0.0192. The maximum Gasteiger partial charge on any atom is 0.247 e. The lowest BCUT2D eigenvalue weighted by atomic mass is 9.65. The van der Waals surface area contributed by atoms with E-state index in [0.29, 0.717) is 19.6 Å². The lowest BCUT2D eigenvalue weighted by Gasteiger charge is -2.44. The van der Waals surface area contributed by atoms with Crippen molar-refractivity contribution in [2.75, 3.05) is 33.3 Å². The Bertz CT molecular complexity index is 871. The summed E-state index contributed by atoms with van der Waals surface area (Å²) in [5, 5.41) is 9.17. The smallest absolute Gasteiger partial charge is 0.247 e. The van der Waals surface area contributed by atoms with E-state index in [0.717, 1.165) is 32.1 Å². The second kappa shape index (κ2) is 11.3. The minimum atomic E-state index is -0.607. The number of thioether (sulfide) groups is 1. The fraction of sp³-hybridized carbons (Fsp3) is 0.750. The summed E-state index contributed by atoms with van der Waals surface area (Å²) in [5.74, 6) is -0.867. The highest BCUT2D eigenvalue weighted by molar-refractivity contribution is 8.02. The molecule has 0 aromatic carbocycles. The first kappa shape index (κ1) is 28.8. The van der Waals surface area contributed by atoms with Crippen molar-refractivity contribution in [2.24, 2.45) is 17.8 Å². The molecule has 1 spiro atoms. The van der Waals surface area contributed by atoms with Gasteiger partial charge < -0.3 is 19.8 Å². The van der Waals surface area contributed by atoms with Crippen LogP contribution in [-0.2, 0) is 14.4 Å². The summed E-state index contributed by atoms with van der Waals surface area (Å²) >= 11 is 1.72. The summed E-state index contributed by atoms with van der Waals surface area (Å²) in [5.41, 5.74) is -0.431. The summed E-state index contributed by atoms with van der Waals surface area (Å²) in [7, 11) is 1.77. The number of carbonyl (C=O) groups is 3. The number of amides is 3. The number of carbonyl (C=O) groups excluding carboxylic acids is 3. The lowest BCUT2D eigenvalue weighted by molar-refractivity contribution is -0.146. The largest absolute Gasteiger partial charge is 0.396 e. The molecule has 0 aliphatic carbocycles. The average molecular weight is 520 g/mol. The fourth-order valence-corrected chi connectivity index (χ4v) is 8.99. The molecule has 2 bridgehead atoms. The highest BCUT2D eigenvalue weighted by atomic mass is 32.2. The number of aliphatic hydroxyl groups excluding tert-OH is 1. The van der Waals surface area contributed by atoms with Crippen LogP contribution in [0, 0.1) is 17.8 Å². The van der Waals surface area contributed by atoms with E-state index in [4.69, 9.17) is 5.11 Å². The van der Waals surface area contributed by atoms with Crippen LogP contribution in [0.25, 0.3) is 0 Å². The maximum absolute atomic E-state index is 14.4. The SMILES string of the molecule is C=CCN(C)C(=O)[C@@H]1[C@@H]2CC(C)C3(S2)C(C(=O)N(CC=C)C(C)(C)C)N(CCCCCCO)C(=O)[C@H]13. The molecule has 3 fully saturated rings. The zero-order chi connectivity index (χ0) is 26.8. The fourth-order valence-electron chi connectivity index (χ4n) is 6.58. The molecule has 3 rings (SSSR count). The van der Waals surface area contributed by atoms with Crippen LogP contribution in [0.1, 0.15) is 59.8 Å². The predicted molar refractivity (Wildman–Crippen MR) is 145 cm³/mol. The second-order valence-corrected chi connectivity index (χ2v) is 13.2. The van der Waals surface area contributed by atoms with Crippen molar-refractivity contribution < 1.29 is 19.5 Å². The van der Waals surface area contributed by atoms with Crippen molar-refractivity contribution in [1.82, 2.24) is 14.7 Å². The Balaban J connectivity index is 2.03. The molecular weight excluding hydrogens is 474 g/mol. The van der Waals surface area contributed by atoms with E-state index in [-0.39, 0.29) is 35.5 Å². The van der Waals surface area contributed by atoms with Gasteiger partial charge in [-0.15, -0.1) is 24.9 Å². The molecule has 3 saturated heterocycles. The van der Waals surface area contributed by atoms with Crippen molar-refractivity contribution in [3.8, 4) is 0 Å². The zero-order valence-electron chi connectivity index (χ0n) is 22.7. The number of aliphatic hydroxyl groups is 1. The Kier molecular flexibility index (Phi) is 9.03. The molecule has 3 aliphatic rings. The van der Waals surface area contributed by atoms with Crippen molar-refractivity contribution in [3.05, 3.63) is 25.3 Å². The molecule has 0 radical (unpaired) electrons. The van der Waals surface area contributed by atoms with Gasteiger partial charge >= 0.3 is 0 Å². The van der Waals surface area contributed by atoms with Crippen molar-refractivity contribution in [1.29, 1.82) is 0 Å². The summed E-state index contributed by atoms with van der Waals surface area (Å²) in [4.78, 5) is 47.5. The summed E-state index contributed by atoms with van der Waals surface area (Å²) in [6.45, 7) is 17.3. The molecule has 7 nitrogen and oxygen atoms in total. The van der Waals surface area contributed by atoms with Gasteiger partial charge in [-0.25, -0.2) is 0 Å². The number of hydrogen-bond donors (Lipinski definition) is 1. The third kappa shape index (κ3) is 4.87. The highest BCUT2D eigenvalue weighted by Gasteiger charge is 2.76. The lowest BCUT2D eigenvalue weighted by Crippen LogP contribution is -2.60. The molecule has 3 aliphatic heterocycles. The molecule has 3 unspecified atom stereocenters. The second-order valence-electron chi connectivity index (χ2n) is 11.6. The van der Waals surface area contributed by atoms with Gasteiger partial charge in [0.05, 0.1) is 16.6 Å². The first-order chi connectivity index (χ1) is 17.0. The molecule has 3 heterocycles. The standard InChI is InChI=1S/C28H45N3O4S/c1-8-14-29(7)24(33)21-20-18-19(3)28(36-20)22(21)25(34)30(16-12-10-11-13-17-32)23(28)26(35)31(15-9-2)27(4,5)6/h8-9,19-23,32H,1-2,10-18H2,3-7H3/t19?,20-,21+,22-,23?,28?/m0/s1. The van der Waals surface area contributed by atoms with E-state index in [1.54, 1.807) is 35.9 Å². The van der Waals surface area contributed by atoms with Crippen LogP contribution in [0.2, 0.25) is 0 Å². The van der Waals surface area contributed by atoms with Crippen LogP contribution < -0.4 is 0 Å². The molecule has 202 valence electrons. The molecular formula is C28H45N3O4S. The Hall–Kier alpha value is -1.80. The topological polar surface area (TPSA) is 81.2 Å². The molecule has 8 heteroatoms. The van der Waals surface area contributed by atoms with Gasteiger partial charge in [-0.1, -0.05) is 31.9 Å². The number of nitrogens with zero attached hydrogens (tertiary/aromatic N) is 3. The quantitative estimate of drug-likeness (QED) is 0.316. The van der Waals surface area contributed by atoms with Crippen molar-refractivity contribution in [2.45, 2.75) is 81.4 Å². The normalized spacial score (nSPS) is 30.9. The van der Waals surface area contributed by atoms with Crippen molar-refractivity contribution >= 4 is 29.5 Å². The average Bonchev–Trinajstić information content (AvgIpc) is 3.39. The van der Waals surface area contributed by atoms with E-state index >= 15 is 0 Å². The molecule has 0 aromatic heterocycles. The number of hydrogen-bond acceptors (Lipinski definition) is 5. The zero-order valence-corrected chi connectivity index (χ0v) is 23.6. The van der Waals surface area contributed by atoms with Crippen LogP contribution in [0.4, 0.5) is 0 Å². The maximum atomic E-state index is 14.4. The third-order valence-corrected chi connectivity index (χ3v) is 10.3. The van der Waals surface area contributed by atoms with Crippen molar-refractivity contribution in [3.63, 3.8) is 0 Å². The summed E-state index contributed by atoms with van der Waals surface area (Å²) in [6.07, 6.45) is 7.55. The summed E-state index contributed by atoms with van der Waals surface area (Å²) < 4.78 is -0.607. The van der Waals surface area contributed by atoms with E-state index in [9.17, 15) is 14.4 Å². The van der Waals surface area contributed by atoms with Crippen LogP contribution in [0.15, 0.2) is 25.3 Å². The van der Waals surface area contributed by atoms with Gasteiger partial charge in [-0.05, 0) is 46.0 Å². The van der Waals surface area contributed by atoms with E-state index < -0.39 is 28.2 Å². The third-order valence-electron chi connectivity index (χ3n) is 8.24. The van der Waals surface area contributed by atoms with Crippen LogP contribution in [-0.4, -0.2) is 92.4 Å². The molecule has 0 saturated carbocycles. The molecule has 6 atom stereocenters. The predicted octanol–water partition coefficient (Wildman–Crippen LogP) is 3.33. The Morgan fingerprint density at radius 2 is 1.78 bits per heavy atom. The van der Waals surface area contributed by atoms with E-state index in [1.165, 1.54) is 0 Å². The summed E-state index contributed by atoms with van der Waals surface area (Å²) in [6, 6.07) is -0.598. The van der Waals surface area contributed by atoms with Gasteiger partial charge in [-0.3, -0.25) is 14.4 Å². The molecule has 0 aromatic rings. The highest BCUT2D eigenvalue weighted by Crippen LogP contribution is 2.69. The number of fused-ring (bicyclic) bond motifs is 1. The number of likely N-dealkylation sites (tertiary alicyclic amines) is 1. The van der Waals surface area contributed by atoms with E-state index in [2.05, 4.69) is 20.1 Å². The van der Waals surface area contributed by atoms with E-state index in [1.807, 2.05) is 30.6 Å². The monoisotopic (exact) mass is 519 g/mol. The number of likely N-dealkylation sites (N-methyl/N-ethyl adjacent to an activating group) is 1. The Morgan fingerprint density at radius 3 is 2.36 bits per heavy atom. The molecule has 1 N–H and O–H groups in total. The Labute approximate surface area is 221 Å². The van der Waals surface area contributed by atoms with Crippen LogP contribution in [0.3, 0.4) is 0 Å². The van der Waals surface area contributed by atoms with Gasteiger partial charge in [0.25, 0.3) is 0 Å². The number of unbranched alkanes of at least 4 members (excludes halogenated alkanes) is 3. The number of rotatable bonds is 12. The van der Waals surface area contributed by atoms with Crippen LogP contribution >= 0.6 is 11.8 Å². The van der Waals surface area contributed by atoms with Crippen LogP contribution in [0.5, 0.6) is 0 Å². The van der Waals surface area contributed by atoms with Gasteiger partial charge in [0.15, 0.2) is 0 Å². The van der Waals surface area contributed by atoms with Gasteiger partial charge in [0, 0.05) is 44.1 Å².